The van der Waals surface area contributed by atoms with Gasteiger partial charge in [0.15, 0.2) is 16.7 Å². The second kappa shape index (κ2) is 11.6. The summed E-state index contributed by atoms with van der Waals surface area (Å²) < 4.78 is 32.2. The van der Waals surface area contributed by atoms with E-state index < -0.39 is 41.4 Å². The van der Waals surface area contributed by atoms with Crippen molar-refractivity contribution in [1.29, 1.82) is 0 Å². The lowest BCUT2D eigenvalue weighted by atomic mass is 9.88. The van der Waals surface area contributed by atoms with Crippen LogP contribution in [0, 0.1) is 17.6 Å². The van der Waals surface area contributed by atoms with Crippen LogP contribution in [0.25, 0.3) is 0 Å². The Balaban J connectivity index is 2.06. The van der Waals surface area contributed by atoms with E-state index in [2.05, 4.69) is 5.32 Å². The van der Waals surface area contributed by atoms with Crippen molar-refractivity contribution >= 4 is 28.8 Å². The van der Waals surface area contributed by atoms with Crippen LogP contribution in [0.1, 0.15) is 37.8 Å². The second-order valence-corrected chi connectivity index (χ2v) is 8.39. The van der Waals surface area contributed by atoms with Gasteiger partial charge in [-0.15, -0.1) is 0 Å². The van der Waals surface area contributed by atoms with Gasteiger partial charge in [0.25, 0.3) is 0 Å². The molecule has 1 N–H and O–H groups in total. The number of thioether (sulfide) groups is 1. The highest BCUT2D eigenvalue weighted by atomic mass is 32.2. The third-order valence-electron chi connectivity index (χ3n) is 4.81. The van der Waals surface area contributed by atoms with Crippen molar-refractivity contribution in [3.63, 3.8) is 0 Å². The Hall–Kier alpha value is -2.74. The first kappa shape index (κ1) is 24.5. The van der Waals surface area contributed by atoms with Gasteiger partial charge in [-0.1, -0.05) is 55.1 Å². The van der Waals surface area contributed by atoms with Crippen LogP contribution in [0.2, 0.25) is 0 Å². The molecule has 0 radical (unpaired) electrons. The maximum Gasteiger partial charge on any atom is 0.328 e. The normalized spacial score (nSPS) is 13.7. The molecular weight excluding hydrogens is 424 g/mol. The average molecular weight is 450 g/mol. The molecule has 2 aromatic rings. The fourth-order valence-electron chi connectivity index (χ4n) is 2.92. The highest BCUT2D eigenvalue weighted by Crippen LogP contribution is 2.29. The van der Waals surface area contributed by atoms with Crippen LogP contribution in [-0.2, 0) is 25.7 Å². The molecule has 0 bridgehead atoms. The van der Waals surface area contributed by atoms with E-state index in [4.69, 9.17) is 4.74 Å². The smallest absolute Gasteiger partial charge is 0.328 e. The number of rotatable bonds is 9. The summed E-state index contributed by atoms with van der Waals surface area (Å²) in [7, 11) is 0. The van der Waals surface area contributed by atoms with Crippen molar-refractivity contribution in [3.8, 4) is 0 Å². The Morgan fingerprint density at radius 2 is 1.71 bits per heavy atom. The van der Waals surface area contributed by atoms with Crippen LogP contribution in [0.4, 0.5) is 8.78 Å². The van der Waals surface area contributed by atoms with Gasteiger partial charge in [0, 0.05) is 12.7 Å². The number of hydrogen-bond acceptors (Lipinski definition) is 5. The van der Waals surface area contributed by atoms with Crippen LogP contribution >= 0.6 is 11.8 Å². The third kappa shape index (κ3) is 7.47. The Morgan fingerprint density at radius 1 is 1.03 bits per heavy atom. The third-order valence-corrected chi connectivity index (χ3v) is 5.74. The van der Waals surface area contributed by atoms with Gasteiger partial charge in [-0.05, 0) is 36.1 Å². The maximum atomic E-state index is 13.7. The minimum atomic E-state index is -1.01. The highest BCUT2D eigenvalue weighted by molar-refractivity contribution is 8.13. The lowest BCUT2D eigenvalue weighted by Gasteiger charge is -2.25. The summed E-state index contributed by atoms with van der Waals surface area (Å²) in [5.41, 5.74) is 1.24. The zero-order valence-electron chi connectivity index (χ0n) is 17.6. The fraction of sp³-hybridized carbons (Fsp3) is 0.348. The summed E-state index contributed by atoms with van der Waals surface area (Å²) in [6.45, 7) is 4.65. The molecule has 2 rings (SSSR count). The monoisotopic (exact) mass is 449 g/mol. The van der Waals surface area contributed by atoms with Gasteiger partial charge in [0.1, 0.15) is 12.6 Å². The summed E-state index contributed by atoms with van der Waals surface area (Å²) in [5.74, 6) is -4.21. The fourth-order valence-corrected chi connectivity index (χ4v) is 3.77. The van der Waals surface area contributed by atoms with E-state index in [1.54, 1.807) is 6.92 Å². The molecule has 2 unspecified atom stereocenters. The van der Waals surface area contributed by atoms with Crippen molar-refractivity contribution in [1.82, 2.24) is 5.32 Å². The molecule has 0 saturated heterocycles. The summed E-state index contributed by atoms with van der Waals surface area (Å²) in [6.07, 6.45) is 0. The Morgan fingerprint density at radius 3 is 2.32 bits per heavy atom. The number of halogens is 2. The predicted molar refractivity (Wildman–Crippen MR) is 115 cm³/mol. The zero-order valence-corrected chi connectivity index (χ0v) is 18.4. The number of esters is 1. The van der Waals surface area contributed by atoms with Gasteiger partial charge in [-0.25, -0.2) is 13.6 Å². The van der Waals surface area contributed by atoms with E-state index in [1.807, 2.05) is 30.3 Å². The minimum Gasteiger partial charge on any atom is -0.459 e. The molecule has 0 heterocycles. The van der Waals surface area contributed by atoms with E-state index in [9.17, 15) is 23.2 Å². The van der Waals surface area contributed by atoms with E-state index in [1.165, 1.54) is 19.9 Å². The van der Waals surface area contributed by atoms with E-state index in [-0.39, 0.29) is 17.5 Å². The number of ether oxygens (including phenoxy) is 1. The first-order valence-corrected chi connectivity index (χ1v) is 10.8. The van der Waals surface area contributed by atoms with Gasteiger partial charge in [-0.3, -0.25) is 9.59 Å². The second-order valence-electron chi connectivity index (χ2n) is 7.19. The molecule has 8 heteroatoms. The Kier molecular flexibility index (Phi) is 9.18. The number of nitrogens with one attached hydrogen (secondary N) is 1. The molecule has 3 atom stereocenters. The molecule has 2 aromatic carbocycles. The molecule has 166 valence electrons. The molecule has 0 spiro atoms. The molecular formula is C23H25F2NO4S. The number of hydrogen-bond donors (Lipinski definition) is 1. The first-order chi connectivity index (χ1) is 14.7. The molecule has 0 saturated carbocycles. The van der Waals surface area contributed by atoms with Crippen molar-refractivity contribution in [2.45, 2.75) is 39.3 Å². The van der Waals surface area contributed by atoms with Gasteiger partial charge in [-0.2, -0.15) is 0 Å². The van der Waals surface area contributed by atoms with Crippen LogP contribution in [0.3, 0.4) is 0 Å². The lowest BCUT2D eigenvalue weighted by molar-refractivity contribution is -0.149. The largest absolute Gasteiger partial charge is 0.459 e. The van der Waals surface area contributed by atoms with Crippen molar-refractivity contribution in [2.24, 2.45) is 5.92 Å². The van der Waals surface area contributed by atoms with Crippen molar-refractivity contribution in [2.75, 3.05) is 5.75 Å². The average Bonchev–Trinajstić information content (AvgIpc) is 2.74. The highest BCUT2D eigenvalue weighted by Gasteiger charge is 2.30. The standard InChI is InChI=1S/C23H25F2NO4S/c1-14(18-9-10-20(24)21(25)11-18)19(13-31-16(3)27)22(28)26-15(2)23(29)30-12-17-7-5-4-6-8-17/h4-11,14-15,19H,12-13H2,1-3H3,(H,26,28)/t14?,15-,19?/m0/s1. The van der Waals surface area contributed by atoms with E-state index in [0.717, 1.165) is 29.5 Å². The quantitative estimate of drug-likeness (QED) is 0.581. The number of amides is 1. The summed E-state index contributed by atoms with van der Waals surface area (Å²) in [5, 5.41) is 2.44. The van der Waals surface area contributed by atoms with Crippen molar-refractivity contribution < 1.29 is 27.9 Å². The van der Waals surface area contributed by atoms with Crippen LogP contribution in [0.15, 0.2) is 48.5 Å². The SMILES string of the molecule is CC(=O)SCC(C(=O)N[C@@H](C)C(=O)OCc1ccccc1)C(C)c1ccc(F)c(F)c1. The van der Waals surface area contributed by atoms with E-state index in [0.29, 0.717) is 5.56 Å². The van der Waals surface area contributed by atoms with Gasteiger partial charge in [0.2, 0.25) is 5.91 Å². The molecule has 0 aromatic heterocycles. The predicted octanol–water partition coefficient (Wildman–Crippen LogP) is 4.21. The maximum absolute atomic E-state index is 13.7. The van der Waals surface area contributed by atoms with E-state index >= 15 is 0 Å². The molecule has 31 heavy (non-hydrogen) atoms. The summed E-state index contributed by atoms with van der Waals surface area (Å²) in [6, 6.07) is 11.6. The minimum absolute atomic E-state index is 0.0781. The summed E-state index contributed by atoms with van der Waals surface area (Å²) in [4.78, 5) is 36.6. The zero-order chi connectivity index (χ0) is 23.0. The van der Waals surface area contributed by atoms with Crippen LogP contribution in [-0.4, -0.2) is 28.8 Å². The van der Waals surface area contributed by atoms with Crippen LogP contribution in [0.5, 0.6) is 0 Å². The topological polar surface area (TPSA) is 72.5 Å². The lowest BCUT2D eigenvalue weighted by Crippen LogP contribution is -2.44. The van der Waals surface area contributed by atoms with Gasteiger partial charge < -0.3 is 10.1 Å². The molecule has 0 fully saturated rings. The van der Waals surface area contributed by atoms with Gasteiger partial charge >= 0.3 is 5.97 Å². The molecule has 5 nitrogen and oxygen atoms in total. The number of carbonyl (C=O) groups excluding carboxylic acids is 3. The molecule has 0 aliphatic rings. The van der Waals surface area contributed by atoms with Gasteiger partial charge in [0.05, 0.1) is 5.92 Å². The van der Waals surface area contributed by atoms with Crippen molar-refractivity contribution in [3.05, 3.63) is 71.3 Å². The van der Waals surface area contributed by atoms with Crippen LogP contribution < -0.4 is 5.32 Å². The molecule has 0 aliphatic carbocycles. The molecule has 0 aliphatic heterocycles. The Bertz CT molecular complexity index is 923. The first-order valence-electron chi connectivity index (χ1n) is 9.78. The molecule has 1 amide bonds. The summed E-state index contributed by atoms with van der Waals surface area (Å²) >= 11 is 0.957. The number of carbonyl (C=O) groups is 3. The number of benzene rings is 2. The Labute approximate surface area is 184 Å².